The number of anilines is 1. The zero-order valence-electron chi connectivity index (χ0n) is 18.7. The van der Waals surface area contributed by atoms with E-state index in [9.17, 15) is 9.59 Å². The lowest BCUT2D eigenvalue weighted by molar-refractivity contribution is -0.115. The Morgan fingerprint density at radius 3 is 2.74 bits per heavy atom. The number of nitrogens with zero attached hydrogens (tertiary/aromatic N) is 3. The van der Waals surface area contributed by atoms with Gasteiger partial charge in [0.05, 0.1) is 10.6 Å². The lowest BCUT2D eigenvalue weighted by atomic mass is 9.96. The second-order valence-electron chi connectivity index (χ2n) is 8.44. The maximum Gasteiger partial charge on any atom is 0.290 e. The van der Waals surface area contributed by atoms with Crippen LogP contribution in [0.25, 0.3) is 17.3 Å². The molecule has 3 aromatic rings. The van der Waals surface area contributed by atoms with Crippen LogP contribution in [-0.4, -0.2) is 45.7 Å². The number of carbonyl (C=O) groups excluding carboxylic acids is 2. The molecule has 1 aromatic carbocycles. The molecule has 0 spiro atoms. The highest BCUT2D eigenvalue weighted by molar-refractivity contribution is 8.18. The number of thioether (sulfide) groups is 1. The molecule has 0 radical (unpaired) electrons. The highest BCUT2D eigenvalue weighted by Crippen LogP contribution is 2.26. The maximum atomic E-state index is 11.8. The zero-order chi connectivity index (χ0) is 23.3. The Hall–Kier alpha value is -3.43. The molecule has 3 N–H and O–H groups in total. The minimum Gasteiger partial charge on any atom is -0.361 e. The number of hydrogen-bond donors (Lipinski definition) is 3. The van der Waals surface area contributed by atoms with Crippen LogP contribution in [0.1, 0.15) is 24.1 Å². The third kappa shape index (κ3) is 5.21. The highest BCUT2D eigenvalue weighted by Gasteiger charge is 2.25. The van der Waals surface area contributed by atoms with Crippen molar-refractivity contribution in [1.82, 2.24) is 25.6 Å². The number of piperidine rings is 1. The lowest BCUT2D eigenvalue weighted by Gasteiger charge is -2.32. The number of rotatable bonds is 7. The van der Waals surface area contributed by atoms with Crippen molar-refractivity contribution in [3.63, 3.8) is 0 Å². The Labute approximate surface area is 202 Å². The predicted molar refractivity (Wildman–Crippen MR) is 134 cm³/mol. The normalized spacial score (nSPS) is 18.0. The molecule has 2 aliphatic rings. The molecule has 9 heteroatoms. The second-order valence-corrected chi connectivity index (χ2v) is 9.45. The van der Waals surface area contributed by atoms with Crippen molar-refractivity contribution < 1.29 is 9.59 Å². The van der Waals surface area contributed by atoms with Gasteiger partial charge in [0.15, 0.2) is 0 Å². The molecule has 174 valence electrons. The summed E-state index contributed by atoms with van der Waals surface area (Å²) in [5, 5.41) is 5.56. The summed E-state index contributed by atoms with van der Waals surface area (Å²) in [6.45, 7) is 3.59. The van der Waals surface area contributed by atoms with Crippen LogP contribution < -0.4 is 15.5 Å². The Bertz CT molecular complexity index is 1200. The molecule has 2 amide bonds. The van der Waals surface area contributed by atoms with E-state index in [0.29, 0.717) is 22.5 Å². The van der Waals surface area contributed by atoms with Gasteiger partial charge in [-0.1, -0.05) is 24.3 Å². The van der Waals surface area contributed by atoms with Crippen LogP contribution in [0, 0.1) is 5.92 Å². The second kappa shape index (κ2) is 10.2. The minimum atomic E-state index is -0.376. The number of hydrogen-bond acceptors (Lipinski definition) is 7. The zero-order valence-corrected chi connectivity index (χ0v) is 19.5. The van der Waals surface area contributed by atoms with Crippen LogP contribution in [0.2, 0.25) is 0 Å². The number of aromatic amines is 1. The van der Waals surface area contributed by atoms with Gasteiger partial charge < -0.3 is 15.2 Å². The van der Waals surface area contributed by atoms with E-state index in [4.69, 9.17) is 0 Å². The molecule has 5 rings (SSSR count). The number of aromatic nitrogens is 3. The molecule has 34 heavy (non-hydrogen) atoms. The summed E-state index contributed by atoms with van der Waals surface area (Å²) in [5.74, 6) is 0.887. The van der Waals surface area contributed by atoms with Crippen molar-refractivity contribution >= 4 is 34.9 Å². The number of benzene rings is 1. The Balaban J connectivity index is 1.13. The van der Waals surface area contributed by atoms with Crippen molar-refractivity contribution in [2.75, 3.05) is 24.5 Å². The summed E-state index contributed by atoms with van der Waals surface area (Å²) in [6, 6.07) is 14.4. The van der Waals surface area contributed by atoms with Gasteiger partial charge in [0.25, 0.3) is 11.1 Å². The van der Waals surface area contributed by atoms with Gasteiger partial charge in [-0.3, -0.25) is 14.9 Å². The van der Waals surface area contributed by atoms with E-state index in [2.05, 4.69) is 60.8 Å². The molecule has 2 saturated heterocycles. The molecule has 2 fully saturated rings. The monoisotopic (exact) mass is 474 g/mol. The first-order valence-electron chi connectivity index (χ1n) is 11.4. The summed E-state index contributed by atoms with van der Waals surface area (Å²) in [5.41, 5.74) is 4.29. The SMILES string of the molecule is O=C1NC(=O)/C(=C/c2ccnc(N3CCC(CNCc4ccccc4-c4ccc[nH]4)CC3)n2)S1. The van der Waals surface area contributed by atoms with E-state index in [-0.39, 0.29) is 11.1 Å². The van der Waals surface area contributed by atoms with Crippen LogP contribution in [0.15, 0.2) is 59.8 Å². The predicted octanol–water partition coefficient (Wildman–Crippen LogP) is 3.80. The summed E-state index contributed by atoms with van der Waals surface area (Å²) in [4.78, 5) is 38.0. The molecular weight excluding hydrogens is 448 g/mol. The van der Waals surface area contributed by atoms with Gasteiger partial charge in [0, 0.05) is 43.3 Å². The van der Waals surface area contributed by atoms with Gasteiger partial charge in [0.1, 0.15) is 0 Å². The Kier molecular flexibility index (Phi) is 6.73. The first-order chi connectivity index (χ1) is 16.7. The van der Waals surface area contributed by atoms with Crippen molar-refractivity contribution in [1.29, 1.82) is 0 Å². The van der Waals surface area contributed by atoms with Gasteiger partial charge in [-0.25, -0.2) is 9.97 Å². The van der Waals surface area contributed by atoms with Crippen LogP contribution in [-0.2, 0) is 11.3 Å². The van der Waals surface area contributed by atoms with Crippen LogP contribution >= 0.6 is 11.8 Å². The minimum absolute atomic E-state index is 0.353. The van der Waals surface area contributed by atoms with E-state index in [1.807, 2.05) is 12.3 Å². The van der Waals surface area contributed by atoms with Crippen LogP contribution in [0.3, 0.4) is 0 Å². The van der Waals surface area contributed by atoms with Gasteiger partial charge >= 0.3 is 0 Å². The van der Waals surface area contributed by atoms with Crippen molar-refractivity contribution in [2.24, 2.45) is 5.92 Å². The number of H-pyrrole nitrogens is 1. The van der Waals surface area contributed by atoms with Crippen molar-refractivity contribution in [3.8, 4) is 11.3 Å². The van der Waals surface area contributed by atoms with E-state index in [1.54, 1.807) is 18.3 Å². The molecule has 0 unspecified atom stereocenters. The summed E-state index contributed by atoms with van der Waals surface area (Å²) < 4.78 is 0. The largest absolute Gasteiger partial charge is 0.361 e. The average Bonchev–Trinajstić information content (AvgIpc) is 3.50. The number of imide groups is 1. The molecule has 0 bridgehead atoms. The summed E-state index contributed by atoms with van der Waals surface area (Å²) >= 11 is 0.895. The molecule has 8 nitrogen and oxygen atoms in total. The molecule has 2 aliphatic heterocycles. The summed E-state index contributed by atoms with van der Waals surface area (Å²) in [7, 11) is 0. The van der Waals surface area contributed by atoms with Gasteiger partial charge in [-0.05, 0) is 66.9 Å². The Morgan fingerprint density at radius 1 is 1.12 bits per heavy atom. The van der Waals surface area contributed by atoms with Gasteiger partial charge in [-0.2, -0.15) is 0 Å². The fourth-order valence-corrected chi connectivity index (χ4v) is 5.00. The lowest BCUT2D eigenvalue weighted by Crippen LogP contribution is -2.38. The standard InChI is InChI=1S/C25H26N6O2S/c32-23-22(34-25(33)30-23)14-19-7-11-28-24(29-19)31-12-8-17(9-13-31)15-26-16-18-4-1-2-5-20(18)21-6-3-10-27-21/h1-7,10-11,14,17,26-27H,8-9,12-13,15-16H2,(H,30,32,33)/b22-14-. The quantitative estimate of drug-likeness (QED) is 0.448. The first kappa shape index (κ1) is 22.4. The maximum absolute atomic E-state index is 11.8. The molecule has 0 saturated carbocycles. The molecule has 2 aromatic heterocycles. The van der Waals surface area contributed by atoms with Crippen LogP contribution in [0.5, 0.6) is 0 Å². The van der Waals surface area contributed by atoms with Crippen LogP contribution in [0.4, 0.5) is 10.7 Å². The molecular formula is C25H26N6O2S. The molecule has 0 aliphatic carbocycles. The van der Waals surface area contributed by atoms with Crippen molar-refractivity contribution in [2.45, 2.75) is 19.4 Å². The Morgan fingerprint density at radius 2 is 1.97 bits per heavy atom. The third-order valence-corrected chi connectivity index (χ3v) is 6.95. The van der Waals surface area contributed by atoms with Gasteiger partial charge in [0.2, 0.25) is 5.95 Å². The van der Waals surface area contributed by atoms with Crippen molar-refractivity contribution in [3.05, 3.63) is 71.0 Å². The number of carbonyl (C=O) groups is 2. The third-order valence-electron chi connectivity index (χ3n) is 6.14. The van der Waals surface area contributed by atoms with E-state index < -0.39 is 0 Å². The van der Waals surface area contributed by atoms with E-state index in [1.165, 1.54) is 11.1 Å². The van der Waals surface area contributed by atoms with Gasteiger partial charge in [-0.15, -0.1) is 0 Å². The number of amides is 2. The van der Waals surface area contributed by atoms with E-state index in [0.717, 1.165) is 56.5 Å². The number of nitrogens with one attached hydrogen (secondary N) is 3. The van der Waals surface area contributed by atoms with E-state index >= 15 is 0 Å². The average molecular weight is 475 g/mol. The molecule has 0 atom stereocenters. The first-order valence-corrected chi connectivity index (χ1v) is 12.2. The smallest absolute Gasteiger partial charge is 0.290 e. The fraction of sp³-hybridized carbons (Fsp3) is 0.280. The molecule has 4 heterocycles. The summed E-state index contributed by atoms with van der Waals surface area (Å²) in [6.07, 6.45) is 7.41. The fourth-order valence-electron chi connectivity index (χ4n) is 4.33. The highest BCUT2D eigenvalue weighted by atomic mass is 32.2. The topological polar surface area (TPSA) is 103 Å².